The second-order valence-electron chi connectivity index (χ2n) is 7.54. The van der Waals surface area contributed by atoms with Crippen LogP contribution in [0.5, 0.6) is 11.5 Å². The smallest absolute Gasteiger partial charge is 0.258 e. The number of methoxy groups -OCH3 is 1. The van der Waals surface area contributed by atoms with Crippen molar-refractivity contribution in [2.75, 3.05) is 31.7 Å². The molecule has 1 saturated heterocycles. The van der Waals surface area contributed by atoms with Gasteiger partial charge in [-0.05, 0) is 67.6 Å². The van der Waals surface area contributed by atoms with Crippen molar-refractivity contribution in [1.29, 1.82) is 0 Å². The molecular formula is C23H30N2O3. The average Bonchev–Trinajstić information content (AvgIpc) is 2.72. The Hall–Kier alpha value is -2.69. The number of piperidine rings is 1. The van der Waals surface area contributed by atoms with E-state index in [1.54, 1.807) is 31.4 Å². The highest BCUT2D eigenvalue weighted by atomic mass is 16.5. The molecule has 150 valence electrons. The molecular weight excluding hydrogens is 352 g/mol. The van der Waals surface area contributed by atoms with E-state index in [4.69, 9.17) is 9.47 Å². The second-order valence-corrected chi connectivity index (χ2v) is 7.54. The number of hydrogen-bond donors (Lipinski definition) is 1. The van der Waals surface area contributed by atoms with Crippen LogP contribution in [0.2, 0.25) is 0 Å². The van der Waals surface area contributed by atoms with E-state index < -0.39 is 0 Å². The number of amides is 1. The Balaban J connectivity index is 1.49. The summed E-state index contributed by atoms with van der Waals surface area (Å²) in [6.07, 6.45) is 2.57. The molecule has 0 bridgehead atoms. The van der Waals surface area contributed by atoms with Crippen molar-refractivity contribution in [2.24, 2.45) is 5.92 Å². The molecule has 1 aliphatic rings. The minimum Gasteiger partial charge on any atom is -0.497 e. The van der Waals surface area contributed by atoms with Gasteiger partial charge in [0, 0.05) is 18.8 Å². The highest BCUT2D eigenvalue weighted by molar-refractivity contribution is 5.78. The van der Waals surface area contributed by atoms with Crippen LogP contribution in [-0.4, -0.2) is 32.7 Å². The maximum Gasteiger partial charge on any atom is 0.258 e. The van der Waals surface area contributed by atoms with Gasteiger partial charge in [0.15, 0.2) is 6.61 Å². The Kier molecular flexibility index (Phi) is 6.80. The van der Waals surface area contributed by atoms with Gasteiger partial charge in [0.2, 0.25) is 0 Å². The van der Waals surface area contributed by atoms with Crippen LogP contribution in [0.4, 0.5) is 5.69 Å². The topological polar surface area (TPSA) is 50.8 Å². The third-order valence-electron chi connectivity index (χ3n) is 5.22. The number of benzene rings is 2. The SMILES string of the molecule is COc1ccc(OCC(=O)N[C@@H](C)c2ccc(N3CCC[C@@H](C)C3)cc2)cc1. The number of carbonyl (C=O) groups is 1. The average molecular weight is 383 g/mol. The number of rotatable bonds is 7. The molecule has 1 fully saturated rings. The molecule has 2 aromatic carbocycles. The molecule has 3 rings (SSSR count). The molecule has 2 aromatic rings. The van der Waals surface area contributed by atoms with E-state index in [0.717, 1.165) is 30.3 Å². The summed E-state index contributed by atoms with van der Waals surface area (Å²) in [7, 11) is 1.62. The fraction of sp³-hybridized carbons (Fsp3) is 0.435. The van der Waals surface area contributed by atoms with Crippen molar-refractivity contribution in [3.05, 3.63) is 54.1 Å². The first-order chi connectivity index (χ1) is 13.5. The van der Waals surface area contributed by atoms with Gasteiger partial charge in [-0.1, -0.05) is 19.1 Å². The Morgan fingerprint density at radius 2 is 1.82 bits per heavy atom. The fourth-order valence-corrected chi connectivity index (χ4v) is 3.59. The molecule has 1 N–H and O–H groups in total. The van der Waals surface area contributed by atoms with Gasteiger partial charge in [-0.15, -0.1) is 0 Å². The summed E-state index contributed by atoms with van der Waals surface area (Å²) in [5.41, 5.74) is 2.35. The summed E-state index contributed by atoms with van der Waals surface area (Å²) in [4.78, 5) is 14.7. The Labute approximate surface area is 167 Å². The van der Waals surface area contributed by atoms with Gasteiger partial charge in [0.1, 0.15) is 11.5 Å². The highest BCUT2D eigenvalue weighted by Gasteiger charge is 2.17. The first-order valence-electron chi connectivity index (χ1n) is 9.96. The minimum atomic E-state index is -0.141. The molecule has 5 heteroatoms. The van der Waals surface area contributed by atoms with Gasteiger partial charge in [0.25, 0.3) is 5.91 Å². The molecule has 0 saturated carbocycles. The lowest BCUT2D eigenvalue weighted by molar-refractivity contribution is -0.123. The number of nitrogens with one attached hydrogen (secondary N) is 1. The van der Waals surface area contributed by atoms with Crippen LogP contribution in [0.1, 0.15) is 38.3 Å². The second kappa shape index (κ2) is 9.49. The van der Waals surface area contributed by atoms with E-state index in [9.17, 15) is 4.79 Å². The lowest BCUT2D eigenvalue weighted by Crippen LogP contribution is -2.34. The first-order valence-corrected chi connectivity index (χ1v) is 9.96. The van der Waals surface area contributed by atoms with Crippen LogP contribution >= 0.6 is 0 Å². The molecule has 1 aliphatic heterocycles. The molecule has 0 aromatic heterocycles. The summed E-state index contributed by atoms with van der Waals surface area (Å²) < 4.78 is 10.6. The van der Waals surface area contributed by atoms with Gasteiger partial charge < -0.3 is 19.7 Å². The molecule has 2 atom stereocenters. The summed E-state index contributed by atoms with van der Waals surface area (Å²) >= 11 is 0. The van der Waals surface area contributed by atoms with Crippen LogP contribution < -0.4 is 19.7 Å². The van der Waals surface area contributed by atoms with Crippen LogP contribution in [0, 0.1) is 5.92 Å². The van der Waals surface area contributed by atoms with Crippen LogP contribution in [0.3, 0.4) is 0 Å². The largest absolute Gasteiger partial charge is 0.497 e. The number of anilines is 1. The van der Waals surface area contributed by atoms with Gasteiger partial charge in [0.05, 0.1) is 13.2 Å². The van der Waals surface area contributed by atoms with Crippen molar-refractivity contribution in [3.63, 3.8) is 0 Å². The maximum atomic E-state index is 12.2. The van der Waals surface area contributed by atoms with Crippen molar-refractivity contribution < 1.29 is 14.3 Å². The van der Waals surface area contributed by atoms with Gasteiger partial charge in [-0.2, -0.15) is 0 Å². The molecule has 1 heterocycles. The minimum absolute atomic E-state index is 0.0135. The molecule has 1 amide bonds. The molecule has 28 heavy (non-hydrogen) atoms. The zero-order valence-electron chi connectivity index (χ0n) is 17.0. The zero-order valence-corrected chi connectivity index (χ0v) is 17.0. The zero-order chi connectivity index (χ0) is 19.9. The van der Waals surface area contributed by atoms with E-state index in [1.165, 1.54) is 18.5 Å². The van der Waals surface area contributed by atoms with Gasteiger partial charge in [-0.3, -0.25) is 4.79 Å². The molecule has 0 unspecified atom stereocenters. The maximum absolute atomic E-state index is 12.2. The predicted octanol–water partition coefficient (Wildman–Crippen LogP) is 4.19. The number of hydrogen-bond acceptors (Lipinski definition) is 4. The number of carbonyl (C=O) groups excluding carboxylic acids is 1. The van der Waals surface area contributed by atoms with Crippen LogP contribution in [-0.2, 0) is 4.79 Å². The Morgan fingerprint density at radius 3 is 2.46 bits per heavy atom. The van der Waals surface area contributed by atoms with Crippen LogP contribution in [0.25, 0.3) is 0 Å². The molecule has 5 nitrogen and oxygen atoms in total. The number of nitrogens with zero attached hydrogens (tertiary/aromatic N) is 1. The van der Waals surface area contributed by atoms with E-state index in [0.29, 0.717) is 5.75 Å². The van der Waals surface area contributed by atoms with Gasteiger partial charge >= 0.3 is 0 Å². The lowest BCUT2D eigenvalue weighted by Gasteiger charge is -2.33. The van der Waals surface area contributed by atoms with Gasteiger partial charge in [-0.25, -0.2) is 0 Å². The van der Waals surface area contributed by atoms with Crippen molar-refractivity contribution in [3.8, 4) is 11.5 Å². The summed E-state index contributed by atoms with van der Waals surface area (Å²) in [5.74, 6) is 2.01. The van der Waals surface area contributed by atoms with Crippen LogP contribution in [0.15, 0.2) is 48.5 Å². The molecule has 0 spiro atoms. The van der Waals surface area contributed by atoms with E-state index >= 15 is 0 Å². The standard InChI is InChI=1S/C23H30N2O3/c1-17-5-4-14-25(15-17)20-8-6-19(7-9-20)18(2)24-23(26)16-28-22-12-10-21(27-3)11-13-22/h6-13,17-18H,4-5,14-16H2,1-3H3,(H,24,26)/t17-,18+/m1/s1. The number of ether oxygens (including phenoxy) is 2. The normalized spacial score (nSPS) is 17.7. The summed E-state index contributed by atoms with van der Waals surface area (Å²) in [6.45, 7) is 6.53. The van der Waals surface area contributed by atoms with E-state index in [-0.39, 0.29) is 18.6 Å². The highest BCUT2D eigenvalue weighted by Crippen LogP contribution is 2.24. The quantitative estimate of drug-likeness (QED) is 0.780. The third kappa shape index (κ3) is 5.41. The molecule has 0 aliphatic carbocycles. The van der Waals surface area contributed by atoms with Crippen molar-refractivity contribution >= 4 is 11.6 Å². The molecule has 0 radical (unpaired) electrons. The first kappa shape index (κ1) is 20.1. The summed E-state index contributed by atoms with van der Waals surface area (Å²) in [6, 6.07) is 15.6. The predicted molar refractivity (Wildman–Crippen MR) is 112 cm³/mol. The van der Waals surface area contributed by atoms with E-state index in [1.807, 2.05) is 6.92 Å². The van der Waals surface area contributed by atoms with Crippen molar-refractivity contribution in [2.45, 2.75) is 32.7 Å². The van der Waals surface area contributed by atoms with Crippen molar-refractivity contribution in [1.82, 2.24) is 5.32 Å². The lowest BCUT2D eigenvalue weighted by atomic mass is 9.99. The summed E-state index contributed by atoms with van der Waals surface area (Å²) in [5, 5.41) is 2.99. The fourth-order valence-electron chi connectivity index (χ4n) is 3.59. The Bertz CT molecular complexity index is 758. The Morgan fingerprint density at radius 1 is 1.14 bits per heavy atom. The van der Waals surface area contributed by atoms with E-state index in [2.05, 4.69) is 41.4 Å². The monoisotopic (exact) mass is 382 g/mol. The third-order valence-corrected chi connectivity index (χ3v) is 5.22.